The molecule has 4 nitrogen and oxygen atoms in total. The number of hydrogen-bond acceptors (Lipinski definition) is 3. The molecule has 0 aliphatic carbocycles. The highest BCUT2D eigenvalue weighted by Crippen LogP contribution is 2.34. The van der Waals surface area contributed by atoms with Gasteiger partial charge >= 0.3 is 0 Å². The van der Waals surface area contributed by atoms with Crippen LogP contribution in [0.15, 0.2) is 12.3 Å². The molecule has 0 unspecified atom stereocenters. The van der Waals surface area contributed by atoms with E-state index in [0.29, 0.717) is 6.61 Å². The number of nitrogens with one attached hydrogen (secondary N) is 1. The van der Waals surface area contributed by atoms with Gasteiger partial charge in [0.1, 0.15) is 0 Å². The Morgan fingerprint density at radius 1 is 1.50 bits per heavy atom. The average Bonchev–Trinajstić information content (AvgIpc) is 2.83. The van der Waals surface area contributed by atoms with Gasteiger partial charge in [-0.3, -0.25) is 10.00 Å². The first-order valence-corrected chi connectivity index (χ1v) is 6.09. The highest BCUT2D eigenvalue weighted by Gasteiger charge is 2.32. The molecule has 0 saturated carbocycles. The lowest BCUT2D eigenvalue weighted by molar-refractivity contribution is 0.0378. The molecule has 0 atom stereocenters. The van der Waals surface area contributed by atoms with Gasteiger partial charge in [-0.25, -0.2) is 0 Å². The molecular weight excluding hydrogens is 202 g/mol. The molecule has 1 fully saturated rings. The van der Waals surface area contributed by atoms with Crippen molar-refractivity contribution in [2.45, 2.75) is 32.7 Å². The quantitative estimate of drug-likeness (QED) is 0.811. The zero-order valence-electron chi connectivity index (χ0n) is 9.95. The van der Waals surface area contributed by atoms with E-state index in [2.05, 4.69) is 22.0 Å². The second-order valence-corrected chi connectivity index (χ2v) is 4.87. The maximum atomic E-state index is 9.45. The summed E-state index contributed by atoms with van der Waals surface area (Å²) in [6, 6.07) is 2.02. The van der Waals surface area contributed by atoms with Crippen LogP contribution < -0.4 is 0 Å². The number of piperidine rings is 1. The standard InChI is InChI=1S/C12H21N3O/c1-2-12(10-16)4-7-15(8-5-12)9-11-3-6-13-14-11/h3,6,16H,2,4-5,7-10H2,1H3,(H,13,14). The van der Waals surface area contributed by atoms with Crippen LogP contribution in [-0.2, 0) is 6.54 Å². The van der Waals surface area contributed by atoms with Crippen LogP contribution in [0, 0.1) is 5.41 Å². The van der Waals surface area contributed by atoms with E-state index < -0.39 is 0 Å². The van der Waals surface area contributed by atoms with Gasteiger partial charge in [0.25, 0.3) is 0 Å². The number of H-pyrrole nitrogens is 1. The number of likely N-dealkylation sites (tertiary alicyclic amines) is 1. The number of aromatic nitrogens is 2. The van der Waals surface area contributed by atoms with Crippen molar-refractivity contribution in [3.63, 3.8) is 0 Å². The lowest BCUT2D eigenvalue weighted by atomic mass is 9.77. The molecule has 1 aliphatic heterocycles. The molecule has 1 aliphatic rings. The fourth-order valence-corrected chi connectivity index (χ4v) is 2.42. The highest BCUT2D eigenvalue weighted by molar-refractivity contribution is 4.98. The van der Waals surface area contributed by atoms with Crippen molar-refractivity contribution < 1.29 is 5.11 Å². The summed E-state index contributed by atoms with van der Waals surface area (Å²) >= 11 is 0. The van der Waals surface area contributed by atoms with E-state index in [1.807, 2.05) is 6.07 Å². The van der Waals surface area contributed by atoms with Gasteiger partial charge in [-0.1, -0.05) is 6.92 Å². The smallest absolute Gasteiger partial charge is 0.0492 e. The summed E-state index contributed by atoms with van der Waals surface area (Å²) in [5.41, 5.74) is 1.36. The fraction of sp³-hybridized carbons (Fsp3) is 0.750. The van der Waals surface area contributed by atoms with Crippen LogP contribution in [0.4, 0.5) is 0 Å². The van der Waals surface area contributed by atoms with Crippen LogP contribution in [-0.4, -0.2) is 39.9 Å². The number of nitrogens with zero attached hydrogens (tertiary/aromatic N) is 2. The molecule has 1 aromatic rings. The summed E-state index contributed by atoms with van der Waals surface area (Å²) in [7, 11) is 0. The first kappa shape index (κ1) is 11.6. The van der Waals surface area contributed by atoms with E-state index in [9.17, 15) is 5.11 Å². The maximum Gasteiger partial charge on any atom is 0.0492 e. The Balaban J connectivity index is 1.85. The number of aliphatic hydroxyl groups is 1. The van der Waals surface area contributed by atoms with Gasteiger partial charge in [0.05, 0.1) is 0 Å². The summed E-state index contributed by atoms with van der Waals surface area (Å²) in [5.74, 6) is 0. The number of aromatic amines is 1. The molecule has 1 aromatic heterocycles. The molecule has 1 saturated heterocycles. The first-order chi connectivity index (χ1) is 7.78. The first-order valence-electron chi connectivity index (χ1n) is 6.09. The molecule has 0 spiro atoms. The molecule has 2 N–H and O–H groups in total. The Hall–Kier alpha value is -0.870. The predicted molar refractivity (Wildman–Crippen MR) is 62.9 cm³/mol. The molecule has 0 amide bonds. The van der Waals surface area contributed by atoms with Crippen LogP contribution in [0.3, 0.4) is 0 Å². The Bertz CT molecular complexity index is 296. The Labute approximate surface area is 96.7 Å². The van der Waals surface area contributed by atoms with Crippen LogP contribution in [0.5, 0.6) is 0 Å². The Morgan fingerprint density at radius 3 is 2.75 bits per heavy atom. The number of hydrogen-bond donors (Lipinski definition) is 2. The van der Waals surface area contributed by atoms with E-state index in [1.54, 1.807) is 6.20 Å². The zero-order chi connectivity index (χ0) is 11.4. The van der Waals surface area contributed by atoms with Gasteiger partial charge in [-0.2, -0.15) is 5.10 Å². The monoisotopic (exact) mass is 223 g/mol. The summed E-state index contributed by atoms with van der Waals surface area (Å²) in [5, 5.41) is 16.4. The third-order valence-corrected chi connectivity index (χ3v) is 3.95. The Kier molecular flexibility index (Phi) is 3.61. The molecule has 16 heavy (non-hydrogen) atoms. The lowest BCUT2D eigenvalue weighted by Crippen LogP contribution is -2.41. The minimum absolute atomic E-state index is 0.185. The molecule has 2 rings (SSSR count). The SMILES string of the molecule is CCC1(CO)CCN(Cc2ccn[nH]2)CC1. The molecule has 90 valence electrons. The van der Waals surface area contributed by atoms with E-state index >= 15 is 0 Å². The van der Waals surface area contributed by atoms with Crippen LogP contribution >= 0.6 is 0 Å². The third kappa shape index (κ3) is 2.44. The van der Waals surface area contributed by atoms with Crippen LogP contribution in [0.2, 0.25) is 0 Å². The topological polar surface area (TPSA) is 52.1 Å². The van der Waals surface area contributed by atoms with Crippen molar-refractivity contribution in [3.8, 4) is 0 Å². The molecule has 2 heterocycles. The van der Waals surface area contributed by atoms with Crippen molar-refractivity contribution in [3.05, 3.63) is 18.0 Å². The molecule has 0 radical (unpaired) electrons. The second kappa shape index (κ2) is 4.97. The van der Waals surface area contributed by atoms with Gasteiger partial charge < -0.3 is 5.11 Å². The van der Waals surface area contributed by atoms with Gasteiger partial charge in [0.15, 0.2) is 0 Å². The highest BCUT2D eigenvalue weighted by atomic mass is 16.3. The summed E-state index contributed by atoms with van der Waals surface area (Å²) in [6.45, 7) is 5.62. The fourth-order valence-electron chi connectivity index (χ4n) is 2.42. The minimum atomic E-state index is 0.185. The zero-order valence-corrected chi connectivity index (χ0v) is 9.95. The summed E-state index contributed by atoms with van der Waals surface area (Å²) in [6.07, 6.45) is 5.09. The molecular formula is C12H21N3O. The molecule has 0 bridgehead atoms. The largest absolute Gasteiger partial charge is 0.396 e. The van der Waals surface area contributed by atoms with Crippen molar-refractivity contribution >= 4 is 0 Å². The van der Waals surface area contributed by atoms with E-state index in [-0.39, 0.29) is 5.41 Å². The molecule has 4 heteroatoms. The molecule has 0 aromatic carbocycles. The van der Waals surface area contributed by atoms with Gasteiger partial charge in [-0.15, -0.1) is 0 Å². The number of aliphatic hydroxyl groups excluding tert-OH is 1. The maximum absolute atomic E-state index is 9.45. The lowest BCUT2D eigenvalue weighted by Gasteiger charge is -2.40. The van der Waals surface area contributed by atoms with Gasteiger partial charge in [0, 0.05) is 25.0 Å². The van der Waals surface area contributed by atoms with Gasteiger partial charge in [-0.05, 0) is 43.8 Å². The van der Waals surface area contributed by atoms with E-state index in [1.165, 1.54) is 5.69 Å². The van der Waals surface area contributed by atoms with E-state index in [0.717, 1.165) is 38.9 Å². The van der Waals surface area contributed by atoms with Crippen LogP contribution in [0.1, 0.15) is 31.9 Å². The van der Waals surface area contributed by atoms with Gasteiger partial charge in [0.2, 0.25) is 0 Å². The Morgan fingerprint density at radius 2 is 2.25 bits per heavy atom. The number of rotatable bonds is 4. The normalized spacial score (nSPS) is 21.1. The average molecular weight is 223 g/mol. The van der Waals surface area contributed by atoms with Crippen molar-refractivity contribution in [2.24, 2.45) is 5.41 Å². The summed E-state index contributed by atoms with van der Waals surface area (Å²) in [4.78, 5) is 2.43. The van der Waals surface area contributed by atoms with Crippen molar-refractivity contribution in [1.82, 2.24) is 15.1 Å². The van der Waals surface area contributed by atoms with E-state index in [4.69, 9.17) is 0 Å². The minimum Gasteiger partial charge on any atom is -0.396 e. The second-order valence-electron chi connectivity index (χ2n) is 4.87. The van der Waals surface area contributed by atoms with Crippen molar-refractivity contribution in [1.29, 1.82) is 0 Å². The van der Waals surface area contributed by atoms with Crippen molar-refractivity contribution in [2.75, 3.05) is 19.7 Å². The predicted octanol–water partition coefficient (Wildman–Crippen LogP) is 1.39. The van der Waals surface area contributed by atoms with Crippen LogP contribution in [0.25, 0.3) is 0 Å². The summed E-state index contributed by atoms with van der Waals surface area (Å²) < 4.78 is 0. The third-order valence-electron chi connectivity index (χ3n) is 3.95.